The summed E-state index contributed by atoms with van der Waals surface area (Å²) in [4.78, 5) is 27.7. The van der Waals surface area contributed by atoms with Crippen LogP contribution in [0.2, 0.25) is 0 Å². The van der Waals surface area contributed by atoms with Crippen LogP contribution in [0.25, 0.3) is 0 Å². The molecule has 0 aliphatic carbocycles. The average Bonchev–Trinajstić information content (AvgIpc) is 2.43. The molecule has 1 N–H and O–H groups in total. The lowest BCUT2D eigenvalue weighted by molar-refractivity contribution is 0.410. The first-order valence-electron chi connectivity index (χ1n) is 5.70. The number of halogens is 1. The Labute approximate surface area is 122 Å². The van der Waals surface area contributed by atoms with Crippen LogP contribution < -0.4 is 11.2 Å². The predicted octanol–water partition coefficient (Wildman–Crippen LogP) is 1.30. The van der Waals surface area contributed by atoms with Gasteiger partial charge in [-0.15, -0.1) is 0 Å². The summed E-state index contributed by atoms with van der Waals surface area (Å²) in [7, 11) is 2.73. The van der Waals surface area contributed by atoms with E-state index < -0.39 is 17.1 Å². The van der Waals surface area contributed by atoms with Crippen molar-refractivity contribution >= 4 is 27.8 Å². The highest BCUT2D eigenvalue weighted by Gasteiger charge is 2.12. The van der Waals surface area contributed by atoms with Crippen LogP contribution in [0.15, 0.2) is 43.3 Å². The molecule has 0 aliphatic rings. The molecular weight excluding hydrogens is 326 g/mol. The lowest BCUT2D eigenvalue weighted by atomic mass is 10.3. The van der Waals surface area contributed by atoms with E-state index in [1.54, 1.807) is 18.2 Å². The molecule has 1 heterocycles. The fourth-order valence-electron chi connectivity index (χ4n) is 1.67. The molecule has 0 bridgehead atoms. The monoisotopic (exact) mass is 337 g/mol. The van der Waals surface area contributed by atoms with E-state index >= 15 is 0 Å². The van der Waals surface area contributed by atoms with Crippen molar-refractivity contribution in [3.63, 3.8) is 0 Å². The highest BCUT2D eigenvalue weighted by Crippen LogP contribution is 2.18. The Morgan fingerprint density at radius 1 is 1.25 bits per heavy atom. The molecule has 7 heteroatoms. The molecule has 0 unspecified atom stereocenters. The van der Waals surface area contributed by atoms with Crippen LogP contribution in [0.1, 0.15) is 5.56 Å². The summed E-state index contributed by atoms with van der Waals surface area (Å²) in [6.07, 6.45) is 1.25. The summed E-state index contributed by atoms with van der Waals surface area (Å²) < 4.78 is 2.76. The Hall–Kier alpha value is -2.15. The van der Waals surface area contributed by atoms with Gasteiger partial charge in [-0.1, -0.05) is 22.0 Å². The highest BCUT2D eigenvalue weighted by atomic mass is 79.9. The molecule has 2 aromatic rings. The van der Waals surface area contributed by atoms with Gasteiger partial charge in [-0.2, -0.15) is 0 Å². The standard InChI is InChI=1S/C13H12BrN3O3/c1-16-11(18)10(12(19)17(2)13(16)20)7-15-9-5-3-4-8(14)6-9/h3-7,18H,1-2H3. The maximum Gasteiger partial charge on any atom is 0.333 e. The Morgan fingerprint density at radius 3 is 2.60 bits per heavy atom. The number of hydrogen-bond acceptors (Lipinski definition) is 4. The maximum atomic E-state index is 11.9. The van der Waals surface area contributed by atoms with Crippen molar-refractivity contribution in [3.8, 4) is 5.88 Å². The van der Waals surface area contributed by atoms with Crippen LogP contribution in [0, 0.1) is 0 Å². The zero-order valence-corrected chi connectivity index (χ0v) is 12.5. The number of aliphatic imine (C=N–C) groups is 1. The van der Waals surface area contributed by atoms with E-state index in [4.69, 9.17) is 0 Å². The predicted molar refractivity (Wildman–Crippen MR) is 80.0 cm³/mol. The van der Waals surface area contributed by atoms with Crippen molar-refractivity contribution < 1.29 is 5.11 Å². The molecule has 0 aliphatic heterocycles. The second kappa shape index (κ2) is 5.46. The SMILES string of the molecule is Cn1c(O)c(C=Nc2cccc(Br)c2)c(=O)n(C)c1=O. The minimum atomic E-state index is -0.593. The van der Waals surface area contributed by atoms with E-state index in [2.05, 4.69) is 20.9 Å². The molecule has 0 radical (unpaired) electrons. The highest BCUT2D eigenvalue weighted by molar-refractivity contribution is 9.10. The molecule has 0 spiro atoms. The van der Waals surface area contributed by atoms with Crippen LogP contribution >= 0.6 is 15.9 Å². The first kappa shape index (κ1) is 14.3. The Bertz CT molecular complexity index is 805. The minimum Gasteiger partial charge on any atom is -0.494 e. The van der Waals surface area contributed by atoms with Gasteiger partial charge in [0, 0.05) is 24.8 Å². The Kier molecular flexibility index (Phi) is 3.89. The summed E-state index contributed by atoms with van der Waals surface area (Å²) in [6.45, 7) is 0. The number of hydrogen-bond donors (Lipinski definition) is 1. The molecule has 0 amide bonds. The van der Waals surface area contributed by atoms with Gasteiger partial charge >= 0.3 is 5.69 Å². The molecule has 20 heavy (non-hydrogen) atoms. The van der Waals surface area contributed by atoms with E-state index in [-0.39, 0.29) is 5.56 Å². The van der Waals surface area contributed by atoms with E-state index in [1.165, 1.54) is 20.3 Å². The van der Waals surface area contributed by atoms with Crippen molar-refractivity contribution in [2.24, 2.45) is 19.1 Å². The van der Waals surface area contributed by atoms with Gasteiger partial charge in [0.15, 0.2) is 0 Å². The molecular formula is C13H12BrN3O3. The normalized spacial score (nSPS) is 11.2. The second-order valence-electron chi connectivity index (χ2n) is 4.18. The first-order valence-corrected chi connectivity index (χ1v) is 6.49. The van der Waals surface area contributed by atoms with Gasteiger partial charge in [0.1, 0.15) is 5.56 Å². The van der Waals surface area contributed by atoms with E-state index in [0.29, 0.717) is 5.69 Å². The third-order valence-corrected chi connectivity index (χ3v) is 3.31. The lowest BCUT2D eigenvalue weighted by Crippen LogP contribution is -2.38. The summed E-state index contributed by atoms with van der Waals surface area (Å²) in [6, 6.07) is 7.17. The van der Waals surface area contributed by atoms with E-state index in [9.17, 15) is 14.7 Å². The maximum absolute atomic E-state index is 11.9. The first-order chi connectivity index (χ1) is 9.41. The van der Waals surface area contributed by atoms with E-state index in [0.717, 1.165) is 13.6 Å². The second-order valence-corrected chi connectivity index (χ2v) is 5.10. The number of nitrogens with zero attached hydrogens (tertiary/aromatic N) is 3. The quantitative estimate of drug-likeness (QED) is 0.839. The average molecular weight is 338 g/mol. The number of aromatic nitrogens is 2. The Balaban J connectivity index is 2.55. The van der Waals surface area contributed by atoms with Crippen LogP contribution in [0.4, 0.5) is 5.69 Å². The van der Waals surface area contributed by atoms with Crippen LogP contribution in [-0.2, 0) is 14.1 Å². The van der Waals surface area contributed by atoms with Gasteiger partial charge in [0.25, 0.3) is 5.56 Å². The third-order valence-electron chi connectivity index (χ3n) is 2.82. The molecule has 6 nitrogen and oxygen atoms in total. The number of benzene rings is 1. The molecule has 1 aromatic carbocycles. The molecule has 2 rings (SSSR count). The van der Waals surface area contributed by atoms with Gasteiger partial charge in [0.05, 0.1) is 5.69 Å². The van der Waals surface area contributed by atoms with Crippen LogP contribution in [0.5, 0.6) is 5.88 Å². The third kappa shape index (κ3) is 2.57. The van der Waals surface area contributed by atoms with Crippen molar-refractivity contribution in [1.82, 2.24) is 9.13 Å². The van der Waals surface area contributed by atoms with Crippen LogP contribution in [-0.4, -0.2) is 20.5 Å². The fourth-order valence-corrected chi connectivity index (χ4v) is 2.06. The van der Waals surface area contributed by atoms with Crippen molar-refractivity contribution in [2.75, 3.05) is 0 Å². The van der Waals surface area contributed by atoms with Gasteiger partial charge < -0.3 is 5.11 Å². The molecule has 0 fully saturated rings. The molecule has 0 atom stereocenters. The van der Waals surface area contributed by atoms with E-state index in [1.807, 2.05) is 6.07 Å². The molecule has 0 saturated carbocycles. The van der Waals surface area contributed by atoms with Crippen molar-refractivity contribution in [3.05, 3.63) is 55.1 Å². The van der Waals surface area contributed by atoms with Gasteiger partial charge in [-0.05, 0) is 18.2 Å². The summed E-state index contributed by atoms with van der Waals surface area (Å²) in [5, 5.41) is 9.87. The topological polar surface area (TPSA) is 76.6 Å². The van der Waals surface area contributed by atoms with Gasteiger partial charge in [0.2, 0.25) is 5.88 Å². The molecule has 0 saturated heterocycles. The fraction of sp³-hybridized carbons (Fsp3) is 0.154. The smallest absolute Gasteiger partial charge is 0.333 e. The number of rotatable bonds is 2. The van der Waals surface area contributed by atoms with Crippen LogP contribution in [0.3, 0.4) is 0 Å². The zero-order valence-electron chi connectivity index (χ0n) is 10.9. The van der Waals surface area contributed by atoms with Crippen molar-refractivity contribution in [2.45, 2.75) is 0 Å². The summed E-state index contributed by atoms with van der Waals surface area (Å²) in [5.41, 5.74) is -0.597. The molecule has 1 aromatic heterocycles. The van der Waals surface area contributed by atoms with Crippen molar-refractivity contribution in [1.29, 1.82) is 0 Å². The number of aromatic hydroxyl groups is 1. The summed E-state index contributed by atoms with van der Waals surface area (Å²) >= 11 is 3.32. The zero-order chi connectivity index (χ0) is 14.9. The summed E-state index contributed by atoms with van der Waals surface area (Å²) in [5.74, 6) is -0.406. The lowest BCUT2D eigenvalue weighted by Gasteiger charge is -2.06. The van der Waals surface area contributed by atoms with Gasteiger partial charge in [-0.25, -0.2) is 4.79 Å². The Morgan fingerprint density at radius 2 is 1.95 bits per heavy atom. The largest absolute Gasteiger partial charge is 0.494 e. The minimum absolute atomic E-state index is 0.0328. The molecule has 104 valence electrons. The van der Waals surface area contributed by atoms with Gasteiger partial charge in [-0.3, -0.25) is 18.9 Å².